The Morgan fingerprint density at radius 3 is 2.85 bits per heavy atom. The summed E-state index contributed by atoms with van der Waals surface area (Å²) in [6, 6.07) is 7.27. The van der Waals surface area contributed by atoms with Crippen LogP contribution in [0.15, 0.2) is 24.3 Å². The summed E-state index contributed by atoms with van der Waals surface area (Å²) in [4.78, 5) is 0. The fourth-order valence-electron chi connectivity index (χ4n) is 1.00. The minimum absolute atomic E-state index is 0.257. The van der Waals surface area contributed by atoms with Crippen molar-refractivity contribution in [2.75, 3.05) is 12.4 Å². The van der Waals surface area contributed by atoms with E-state index in [0.717, 1.165) is 23.5 Å². The van der Waals surface area contributed by atoms with Crippen LogP contribution >= 0.6 is 11.8 Å². The zero-order chi connectivity index (χ0) is 9.52. The van der Waals surface area contributed by atoms with Crippen LogP contribution in [0.25, 0.3) is 0 Å². The summed E-state index contributed by atoms with van der Waals surface area (Å²) in [6.07, 6.45) is 0.837. The van der Waals surface area contributed by atoms with E-state index in [1.165, 1.54) is 0 Å². The minimum atomic E-state index is 0.257. The molecule has 0 spiro atoms. The molecule has 72 valence electrons. The summed E-state index contributed by atoms with van der Waals surface area (Å²) in [5.41, 5.74) is 1.13. The van der Waals surface area contributed by atoms with E-state index in [-0.39, 0.29) is 6.61 Å². The maximum absolute atomic E-state index is 9.17. The molecular formula is C10H14O2S. The first-order valence-corrected chi connectivity index (χ1v) is 5.45. The van der Waals surface area contributed by atoms with Crippen molar-refractivity contribution in [3.8, 4) is 5.75 Å². The van der Waals surface area contributed by atoms with Gasteiger partial charge in [-0.3, -0.25) is 0 Å². The predicted octanol–water partition coefficient (Wildman–Crippen LogP) is 2.01. The van der Waals surface area contributed by atoms with Crippen molar-refractivity contribution in [2.24, 2.45) is 0 Å². The lowest BCUT2D eigenvalue weighted by Crippen LogP contribution is -1.87. The molecule has 0 aliphatic heterocycles. The summed E-state index contributed by atoms with van der Waals surface area (Å²) in [5, 5.41) is 17.7. The second-order valence-corrected chi connectivity index (χ2v) is 3.90. The molecule has 0 bridgehead atoms. The third kappa shape index (κ3) is 4.20. The van der Waals surface area contributed by atoms with Crippen molar-refractivity contribution in [1.29, 1.82) is 0 Å². The van der Waals surface area contributed by atoms with E-state index in [0.29, 0.717) is 5.75 Å². The molecule has 1 rings (SSSR count). The molecule has 0 unspecified atom stereocenters. The van der Waals surface area contributed by atoms with Crippen molar-refractivity contribution in [3.63, 3.8) is 0 Å². The number of hydrogen-bond donors (Lipinski definition) is 2. The first kappa shape index (κ1) is 10.4. The summed E-state index contributed by atoms with van der Waals surface area (Å²) in [5.74, 6) is 2.18. The monoisotopic (exact) mass is 198 g/mol. The molecular weight excluding hydrogens is 184 g/mol. The van der Waals surface area contributed by atoms with E-state index < -0.39 is 0 Å². The molecule has 0 saturated carbocycles. The van der Waals surface area contributed by atoms with Gasteiger partial charge >= 0.3 is 0 Å². The first-order valence-electron chi connectivity index (χ1n) is 4.29. The van der Waals surface area contributed by atoms with Gasteiger partial charge in [0.2, 0.25) is 0 Å². The molecule has 2 N–H and O–H groups in total. The Bertz CT molecular complexity index is 250. The largest absolute Gasteiger partial charge is 0.508 e. The smallest absolute Gasteiger partial charge is 0.115 e. The molecule has 0 fully saturated rings. The topological polar surface area (TPSA) is 40.5 Å². The predicted molar refractivity (Wildman–Crippen MR) is 56.0 cm³/mol. The van der Waals surface area contributed by atoms with Gasteiger partial charge in [0.05, 0.1) is 0 Å². The highest BCUT2D eigenvalue weighted by Gasteiger charge is 1.94. The van der Waals surface area contributed by atoms with E-state index in [4.69, 9.17) is 10.2 Å². The zero-order valence-corrected chi connectivity index (χ0v) is 8.26. The number of rotatable bonds is 5. The number of aromatic hydroxyl groups is 1. The molecule has 0 aliphatic rings. The van der Waals surface area contributed by atoms with Crippen LogP contribution in [0.5, 0.6) is 5.75 Å². The molecule has 1 aromatic rings. The maximum Gasteiger partial charge on any atom is 0.115 e. The van der Waals surface area contributed by atoms with Gasteiger partial charge < -0.3 is 10.2 Å². The van der Waals surface area contributed by atoms with Gasteiger partial charge in [-0.05, 0) is 29.9 Å². The number of thioether (sulfide) groups is 1. The lowest BCUT2D eigenvalue weighted by molar-refractivity contribution is 0.296. The molecule has 13 heavy (non-hydrogen) atoms. The first-order chi connectivity index (χ1) is 6.33. The fourth-order valence-corrected chi connectivity index (χ4v) is 1.90. The van der Waals surface area contributed by atoms with Gasteiger partial charge in [-0.25, -0.2) is 0 Å². The molecule has 0 aromatic heterocycles. The van der Waals surface area contributed by atoms with E-state index in [1.54, 1.807) is 23.9 Å². The average Bonchev–Trinajstić information content (AvgIpc) is 2.13. The summed E-state index contributed by atoms with van der Waals surface area (Å²) in [6.45, 7) is 0.257. The summed E-state index contributed by atoms with van der Waals surface area (Å²) < 4.78 is 0. The van der Waals surface area contributed by atoms with E-state index in [9.17, 15) is 0 Å². The van der Waals surface area contributed by atoms with E-state index >= 15 is 0 Å². The van der Waals surface area contributed by atoms with Crippen LogP contribution in [0.1, 0.15) is 12.0 Å². The molecule has 3 heteroatoms. The second kappa shape index (κ2) is 5.89. The third-order valence-corrected chi connectivity index (χ3v) is 2.74. The third-order valence-electron chi connectivity index (χ3n) is 1.63. The Hall–Kier alpha value is -0.670. The van der Waals surface area contributed by atoms with Gasteiger partial charge in [0.15, 0.2) is 0 Å². The van der Waals surface area contributed by atoms with Gasteiger partial charge in [0, 0.05) is 12.4 Å². The average molecular weight is 198 g/mol. The van der Waals surface area contributed by atoms with Crippen molar-refractivity contribution < 1.29 is 10.2 Å². The maximum atomic E-state index is 9.17. The van der Waals surface area contributed by atoms with Crippen LogP contribution in [-0.2, 0) is 5.75 Å². The Morgan fingerprint density at radius 1 is 1.31 bits per heavy atom. The van der Waals surface area contributed by atoms with E-state index in [2.05, 4.69) is 0 Å². The Balaban J connectivity index is 2.28. The Labute approximate surface area is 82.6 Å². The molecule has 2 nitrogen and oxygen atoms in total. The molecule has 0 radical (unpaired) electrons. The van der Waals surface area contributed by atoms with Crippen LogP contribution in [0.3, 0.4) is 0 Å². The SMILES string of the molecule is OCCCSCc1cccc(O)c1. The number of benzene rings is 1. The quantitative estimate of drug-likeness (QED) is 0.711. The number of aliphatic hydroxyl groups is 1. The zero-order valence-electron chi connectivity index (χ0n) is 7.44. The lowest BCUT2D eigenvalue weighted by atomic mass is 10.2. The summed E-state index contributed by atoms with van der Waals surface area (Å²) >= 11 is 1.77. The highest BCUT2D eigenvalue weighted by molar-refractivity contribution is 7.98. The van der Waals surface area contributed by atoms with Gasteiger partial charge in [-0.2, -0.15) is 11.8 Å². The van der Waals surface area contributed by atoms with Crippen LogP contribution in [-0.4, -0.2) is 22.6 Å². The lowest BCUT2D eigenvalue weighted by Gasteiger charge is -2.01. The number of aliphatic hydroxyl groups excluding tert-OH is 1. The van der Waals surface area contributed by atoms with Crippen LogP contribution in [0.4, 0.5) is 0 Å². The molecule has 0 amide bonds. The molecule has 0 heterocycles. The van der Waals surface area contributed by atoms with Crippen molar-refractivity contribution in [3.05, 3.63) is 29.8 Å². The van der Waals surface area contributed by atoms with Crippen LogP contribution in [0, 0.1) is 0 Å². The minimum Gasteiger partial charge on any atom is -0.508 e. The van der Waals surface area contributed by atoms with Gasteiger partial charge in [-0.15, -0.1) is 0 Å². The van der Waals surface area contributed by atoms with Crippen molar-refractivity contribution in [1.82, 2.24) is 0 Å². The van der Waals surface area contributed by atoms with Crippen LogP contribution in [0.2, 0.25) is 0 Å². The molecule has 0 atom stereocenters. The van der Waals surface area contributed by atoms with E-state index in [1.807, 2.05) is 12.1 Å². The van der Waals surface area contributed by atoms with Crippen molar-refractivity contribution in [2.45, 2.75) is 12.2 Å². The van der Waals surface area contributed by atoms with Crippen molar-refractivity contribution >= 4 is 11.8 Å². The Morgan fingerprint density at radius 2 is 2.15 bits per heavy atom. The normalized spacial score (nSPS) is 10.2. The van der Waals surface area contributed by atoms with Gasteiger partial charge in [-0.1, -0.05) is 12.1 Å². The van der Waals surface area contributed by atoms with Crippen LogP contribution < -0.4 is 0 Å². The van der Waals surface area contributed by atoms with Gasteiger partial charge in [0.1, 0.15) is 5.75 Å². The Kier molecular flexibility index (Phi) is 4.72. The molecule has 1 aromatic carbocycles. The second-order valence-electron chi connectivity index (χ2n) is 2.80. The standard InChI is InChI=1S/C10H14O2S/c11-5-2-6-13-8-9-3-1-4-10(12)7-9/h1,3-4,7,11-12H,2,5-6,8H2. The highest BCUT2D eigenvalue weighted by atomic mass is 32.2. The fraction of sp³-hybridized carbons (Fsp3) is 0.400. The molecule has 0 saturated heterocycles. The number of phenols is 1. The molecule has 0 aliphatic carbocycles. The van der Waals surface area contributed by atoms with Gasteiger partial charge in [0.25, 0.3) is 0 Å². The number of phenolic OH excluding ortho intramolecular Hbond substituents is 1. The highest BCUT2D eigenvalue weighted by Crippen LogP contribution is 2.17. The number of hydrogen-bond acceptors (Lipinski definition) is 3. The summed E-state index contributed by atoms with van der Waals surface area (Å²) in [7, 11) is 0.